The number of hydrogen-bond donors (Lipinski definition) is 0. The number of nitrogens with zero attached hydrogens (tertiary/aromatic N) is 2. The summed E-state index contributed by atoms with van der Waals surface area (Å²) in [5, 5.41) is 12.7. The minimum atomic E-state index is 0.206. The molecule has 12 rings (SSSR count). The van der Waals surface area contributed by atoms with Gasteiger partial charge in [-0.2, -0.15) is 0 Å². The fourth-order valence-corrected chi connectivity index (χ4v) is 10.1. The van der Waals surface area contributed by atoms with Crippen LogP contribution in [0.3, 0.4) is 0 Å². The predicted molar refractivity (Wildman–Crippen MR) is 256 cm³/mol. The van der Waals surface area contributed by atoms with Crippen molar-refractivity contribution in [1.29, 1.82) is 0 Å². The Morgan fingerprint density at radius 1 is 0.433 bits per heavy atom. The quantitative estimate of drug-likeness (QED) is 0.160. The maximum atomic E-state index is 5.25. The van der Waals surface area contributed by atoms with Crippen molar-refractivity contribution in [3.05, 3.63) is 212 Å². The highest BCUT2D eigenvalue weighted by molar-refractivity contribution is 6.22. The lowest BCUT2D eigenvalue weighted by molar-refractivity contribution is 0.631. The topological polar surface area (TPSA) is 17.8 Å². The molecule has 0 radical (unpaired) electrons. The number of aromatic nitrogens is 2. The number of rotatable bonds is 5. The second-order valence-corrected chi connectivity index (χ2v) is 16.2. The van der Waals surface area contributed by atoms with E-state index in [1.807, 2.05) is 0 Å². The SMILES string of the molecule is Cc1c2ccccc2c(-c2ccc3cc(-c4c5ccccc5c(-c5cccc(-c6nc7ccccc7n6C6C=CC=CC6)c5)c5ccccc45)ccc3c2)c2ccccc12. The molecule has 0 bridgehead atoms. The van der Waals surface area contributed by atoms with Gasteiger partial charge >= 0.3 is 0 Å². The second kappa shape index (κ2) is 13.8. The third-order valence-corrected chi connectivity index (χ3v) is 12.8. The van der Waals surface area contributed by atoms with Crippen LogP contribution in [0.4, 0.5) is 0 Å². The van der Waals surface area contributed by atoms with E-state index in [-0.39, 0.29) is 6.04 Å². The van der Waals surface area contributed by atoms with Gasteiger partial charge in [0.15, 0.2) is 0 Å². The summed E-state index contributed by atoms with van der Waals surface area (Å²) in [6.07, 6.45) is 9.78. The molecule has 0 spiro atoms. The molecule has 1 heterocycles. The van der Waals surface area contributed by atoms with Crippen LogP contribution in [-0.4, -0.2) is 9.55 Å². The summed E-state index contributed by atoms with van der Waals surface area (Å²) in [5.41, 5.74) is 12.1. The highest BCUT2D eigenvalue weighted by Gasteiger charge is 2.22. The predicted octanol–water partition coefficient (Wildman–Crippen LogP) is 15.8. The molecule has 0 fully saturated rings. The zero-order valence-electron chi connectivity index (χ0n) is 33.3. The Bertz CT molecular complexity index is 3490. The largest absolute Gasteiger partial charge is 0.317 e. The van der Waals surface area contributed by atoms with Gasteiger partial charge in [-0.05, 0) is 136 Å². The summed E-state index contributed by atoms with van der Waals surface area (Å²) in [6, 6.07) is 67.4. The van der Waals surface area contributed by atoms with Crippen LogP contribution in [-0.2, 0) is 0 Å². The number of imidazole rings is 1. The average Bonchev–Trinajstić information content (AvgIpc) is 3.71. The lowest BCUT2D eigenvalue weighted by Crippen LogP contribution is -2.09. The van der Waals surface area contributed by atoms with Crippen molar-refractivity contribution in [2.24, 2.45) is 0 Å². The van der Waals surface area contributed by atoms with Crippen LogP contribution < -0.4 is 0 Å². The summed E-state index contributed by atoms with van der Waals surface area (Å²) >= 11 is 0. The maximum Gasteiger partial charge on any atom is 0.141 e. The molecule has 0 saturated heterocycles. The van der Waals surface area contributed by atoms with Gasteiger partial charge in [0.05, 0.1) is 17.1 Å². The summed E-state index contributed by atoms with van der Waals surface area (Å²) < 4.78 is 2.42. The van der Waals surface area contributed by atoms with E-state index in [4.69, 9.17) is 4.98 Å². The molecule has 1 aliphatic carbocycles. The Hall–Kier alpha value is -7.55. The molecule has 0 aliphatic heterocycles. The van der Waals surface area contributed by atoms with E-state index in [0.29, 0.717) is 0 Å². The van der Waals surface area contributed by atoms with Gasteiger partial charge in [-0.25, -0.2) is 4.98 Å². The van der Waals surface area contributed by atoms with E-state index in [1.165, 1.54) is 92.8 Å². The molecule has 2 nitrogen and oxygen atoms in total. The van der Waals surface area contributed by atoms with Gasteiger partial charge in [-0.1, -0.05) is 176 Å². The Balaban J connectivity index is 1.02. The van der Waals surface area contributed by atoms with Gasteiger partial charge in [0.2, 0.25) is 0 Å². The maximum absolute atomic E-state index is 5.25. The van der Waals surface area contributed by atoms with Crippen LogP contribution in [0.2, 0.25) is 0 Å². The molecule has 282 valence electrons. The monoisotopic (exact) mass is 764 g/mol. The normalized spacial score (nSPS) is 14.1. The van der Waals surface area contributed by atoms with Crippen molar-refractivity contribution >= 4 is 64.9 Å². The van der Waals surface area contributed by atoms with Gasteiger partial charge in [0.25, 0.3) is 0 Å². The molecule has 60 heavy (non-hydrogen) atoms. The van der Waals surface area contributed by atoms with Crippen molar-refractivity contribution in [3.8, 4) is 44.8 Å². The van der Waals surface area contributed by atoms with Gasteiger partial charge in [0, 0.05) is 5.56 Å². The van der Waals surface area contributed by atoms with E-state index in [2.05, 4.69) is 218 Å². The number of para-hydroxylation sites is 2. The van der Waals surface area contributed by atoms with E-state index in [0.717, 1.165) is 28.8 Å². The molecular weight excluding hydrogens is 725 g/mol. The molecule has 1 atom stereocenters. The minimum Gasteiger partial charge on any atom is -0.317 e. The van der Waals surface area contributed by atoms with E-state index < -0.39 is 0 Å². The molecule has 0 saturated carbocycles. The highest BCUT2D eigenvalue weighted by Crippen LogP contribution is 2.46. The first-order valence-electron chi connectivity index (χ1n) is 21.0. The summed E-state index contributed by atoms with van der Waals surface area (Å²) in [4.78, 5) is 5.25. The van der Waals surface area contributed by atoms with Crippen LogP contribution in [0, 0.1) is 6.92 Å². The fourth-order valence-electron chi connectivity index (χ4n) is 10.1. The van der Waals surface area contributed by atoms with Crippen molar-refractivity contribution in [2.75, 3.05) is 0 Å². The zero-order chi connectivity index (χ0) is 39.7. The number of allylic oxidation sites excluding steroid dienone is 4. The van der Waals surface area contributed by atoms with Crippen LogP contribution in [0.25, 0.3) is 110 Å². The Morgan fingerprint density at radius 3 is 1.43 bits per heavy atom. The number of aryl methyl sites for hydroxylation is 1. The summed E-state index contributed by atoms with van der Waals surface area (Å²) in [7, 11) is 0. The summed E-state index contributed by atoms with van der Waals surface area (Å²) in [5.74, 6) is 0.997. The standard InChI is InChI=1S/C58H40N2/c1-37-45-20-5-7-22-47(45)56(48-23-8-6-21-46(37)48)41-32-30-39-35-42(33-31-38(39)34-41)57-51-26-11-9-24-49(51)55(50-25-10-12-27-52(50)57)40-16-15-17-43(36-40)58-59-53-28-13-14-29-54(53)60(58)44-18-3-2-4-19-44/h2-18,20-36,44H,19H2,1H3. The van der Waals surface area contributed by atoms with Crippen molar-refractivity contribution in [2.45, 2.75) is 19.4 Å². The molecule has 10 aromatic carbocycles. The van der Waals surface area contributed by atoms with Crippen LogP contribution in [0.15, 0.2) is 206 Å². The number of fused-ring (bicyclic) bond motifs is 6. The molecule has 0 amide bonds. The molecule has 2 heteroatoms. The average molecular weight is 765 g/mol. The molecule has 1 aromatic heterocycles. The third kappa shape index (κ3) is 5.38. The lowest BCUT2D eigenvalue weighted by atomic mass is 9.85. The van der Waals surface area contributed by atoms with Crippen molar-refractivity contribution in [3.63, 3.8) is 0 Å². The summed E-state index contributed by atoms with van der Waals surface area (Å²) in [6.45, 7) is 2.25. The first kappa shape index (κ1) is 34.5. The fraction of sp³-hybridized carbons (Fsp3) is 0.0517. The van der Waals surface area contributed by atoms with E-state index in [1.54, 1.807) is 0 Å². The number of benzene rings is 10. The van der Waals surface area contributed by atoms with Crippen molar-refractivity contribution in [1.82, 2.24) is 9.55 Å². The first-order valence-corrected chi connectivity index (χ1v) is 21.0. The molecule has 11 aromatic rings. The van der Waals surface area contributed by atoms with Gasteiger partial charge in [0.1, 0.15) is 5.82 Å². The zero-order valence-corrected chi connectivity index (χ0v) is 33.3. The smallest absolute Gasteiger partial charge is 0.141 e. The lowest BCUT2D eigenvalue weighted by Gasteiger charge is -2.20. The van der Waals surface area contributed by atoms with Gasteiger partial charge < -0.3 is 4.57 Å². The molecule has 1 aliphatic rings. The Kier molecular flexibility index (Phi) is 7.93. The van der Waals surface area contributed by atoms with Crippen LogP contribution in [0.1, 0.15) is 18.0 Å². The van der Waals surface area contributed by atoms with Crippen LogP contribution >= 0.6 is 0 Å². The van der Waals surface area contributed by atoms with Crippen molar-refractivity contribution < 1.29 is 0 Å². The van der Waals surface area contributed by atoms with Crippen LogP contribution in [0.5, 0.6) is 0 Å². The Morgan fingerprint density at radius 2 is 0.900 bits per heavy atom. The molecular formula is C58H40N2. The van der Waals surface area contributed by atoms with Gasteiger partial charge in [-0.15, -0.1) is 0 Å². The Labute approximate surface area is 349 Å². The highest BCUT2D eigenvalue weighted by atomic mass is 15.1. The van der Waals surface area contributed by atoms with Gasteiger partial charge in [-0.3, -0.25) is 0 Å². The third-order valence-electron chi connectivity index (χ3n) is 12.8. The first-order chi connectivity index (χ1) is 29.7. The van der Waals surface area contributed by atoms with E-state index >= 15 is 0 Å². The second-order valence-electron chi connectivity index (χ2n) is 16.2. The minimum absolute atomic E-state index is 0.206. The molecule has 0 N–H and O–H groups in total. The van der Waals surface area contributed by atoms with E-state index in [9.17, 15) is 0 Å². The number of hydrogen-bond acceptors (Lipinski definition) is 1. The molecule has 1 unspecified atom stereocenters.